The Morgan fingerprint density at radius 3 is 2.94 bits per heavy atom. The van der Waals surface area contributed by atoms with Crippen molar-refractivity contribution < 1.29 is 14.2 Å². The number of anilines is 1. The van der Waals surface area contributed by atoms with Gasteiger partial charge in [-0.2, -0.15) is 9.97 Å². The molecule has 31 heavy (non-hydrogen) atoms. The van der Waals surface area contributed by atoms with E-state index in [1.165, 1.54) is 24.8 Å². The number of hydrogen-bond donors (Lipinski definition) is 2. The van der Waals surface area contributed by atoms with Gasteiger partial charge in [-0.15, -0.1) is 10.2 Å². The third-order valence-electron chi connectivity index (χ3n) is 5.99. The van der Waals surface area contributed by atoms with Crippen LogP contribution >= 0.6 is 11.3 Å². The van der Waals surface area contributed by atoms with Gasteiger partial charge in [-0.1, -0.05) is 17.4 Å². The molecule has 2 fully saturated rings. The zero-order valence-corrected chi connectivity index (χ0v) is 17.9. The third kappa shape index (κ3) is 3.68. The normalized spacial score (nSPS) is 24.9. The molecule has 4 heterocycles. The van der Waals surface area contributed by atoms with Crippen molar-refractivity contribution in [2.75, 3.05) is 19.1 Å². The number of alkyl halides is 1. The lowest BCUT2D eigenvalue weighted by atomic mass is 9.97. The Hall–Kier alpha value is -2.92. The molecule has 9 nitrogen and oxygen atoms in total. The molecule has 0 aliphatic carbocycles. The second-order valence-corrected chi connectivity index (χ2v) is 8.78. The summed E-state index contributed by atoms with van der Waals surface area (Å²) < 4.78 is 19.9. The van der Waals surface area contributed by atoms with Gasteiger partial charge < -0.3 is 20.1 Å². The van der Waals surface area contributed by atoms with E-state index in [9.17, 15) is 9.50 Å². The third-order valence-corrected chi connectivity index (χ3v) is 7.03. The SMILES string of the molecule is COc1ncnc(-c2ccc(-c3nnc(N(C)[C@H]4C[C@@H]5CC[C@@H](N5)[C@H]4F)s3)c(O)c2)n1. The summed E-state index contributed by atoms with van der Waals surface area (Å²) in [6, 6.07) is 5.35. The molecule has 5 rings (SSSR count). The molecule has 2 aliphatic heterocycles. The number of fused-ring (bicyclic) bond motifs is 2. The summed E-state index contributed by atoms with van der Waals surface area (Å²) in [5.74, 6) is 0.423. The molecule has 2 saturated heterocycles. The number of piperidine rings is 1. The van der Waals surface area contributed by atoms with Gasteiger partial charge in [0.1, 0.15) is 18.2 Å². The first-order valence-electron chi connectivity index (χ1n) is 10.1. The maximum Gasteiger partial charge on any atom is 0.319 e. The largest absolute Gasteiger partial charge is 0.507 e. The van der Waals surface area contributed by atoms with Crippen molar-refractivity contribution in [1.82, 2.24) is 30.5 Å². The highest BCUT2D eigenvalue weighted by atomic mass is 32.1. The highest BCUT2D eigenvalue weighted by Crippen LogP contribution is 2.38. The molecule has 2 bridgehead atoms. The first-order chi connectivity index (χ1) is 15.0. The number of methoxy groups -OCH3 is 1. The maximum absolute atomic E-state index is 14.9. The first kappa shape index (κ1) is 20.0. The van der Waals surface area contributed by atoms with E-state index < -0.39 is 6.17 Å². The monoisotopic (exact) mass is 443 g/mol. The van der Waals surface area contributed by atoms with Gasteiger partial charge in [-0.3, -0.25) is 0 Å². The van der Waals surface area contributed by atoms with E-state index in [4.69, 9.17) is 4.74 Å². The van der Waals surface area contributed by atoms with Crippen molar-refractivity contribution in [3.05, 3.63) is 24.5 Å². The van der Waals surface area contributed by atoms with Gasteiger partial charge in [0.15, 0.2) is 10.8 Å². The van der Waals surface area contributed by atoms with Crippen LogP contribution in [0.2, 0.25) is 0 Å². The Balaban J connectivity index is 1.38. The smallest absolute Gasteiger partial charge is 0.319 e. The van der Waals surface area contributed by atoms with E-state index >= 15 is 0 Å². The van der Waals surface area contributed by atoms with E-state index in [2.05, 4.69) is 30.5 Å². The summed E-state index contributed by atoms with van der Waals surface area (Å²) >= 11 is 1.33. The average Bonchev–Trinajstić information content (AvgIpc) is 3.44. The van der Waals surface area contributed by atoms with Gasteiger partial charge in [0.25, 0.3) is 0 Å². The zero-order chi connectivity index (χ0) is 21.5. The number of phenolic OH excluding ortho intramolecular Hbond substituents is 1. The second kappa shape index (κ2) is 7.97. The Bertz CT molecular complexity index is 1100. The Kier molecular flexibility index (Phi) is 5.14. The molecule has 3 aromatic rings. The number of hydrogen-bond acceptors (Lipinski definition) is 10. The molecule has 11 heteroatoms. The highest BCUT2D eigenvalue weighted by Gasteiger charge is 2.44. The Morgan fingerprint density at radius 1 is 1.26 bits per heavy atom. The zero-order valence-electron chi connectivity index (χ0n) is 17.1. The molecule has 4 atom stereocenters. The van der Waals surface area contributed by atoms with Crippen LogP contribution in [-0.4, -0.2) is 68.7 Å². The predicted molar refractivity (Wildman–Crippen MR) is 114 cm³/mol. The lowest BCUT2D eigenvalue weighted by Crippen LogP contribution is -2.55. The molecule has 2 aromatic heterocycles. The lowest BCUT2D eigenvalue weighted by molar-refractivity contribution is 0.176. The van der Waals surface area contributed by atoms with Crippen LogP contribution in [0.25, 0.3) is 22.0 Å². The summed E-state index contributed by atoms with van der Waals surface area (Å²) in [6.07, 6.45) is 3.05. The van der Waals surface area contributed by atoms with Crippen molar-refractivity contribution in [3.63, 3.8) is 0 Å². The van der Waals surface area contributed by atoms with Crippen LogP contribution in [0.3, 0.4) is 0 Å². The lowest BCUT2D eigenvalue weighted by Gasteiger charge is -2.38. The van der Waals surface area contributed by atoms with Gasteiger partial charge >= 0.3 is 6.01 Å². The molecule has 0 radical (unpaired) electrons. The topological polar surface area (TPSA) is 109 Å². The standard InChI is InChI=1S/C20H22FN7O2S/c1-28(14-8-11-4-6-13(24-11)16(14)21)20-27-26-18(31-20)12-5-3-10(7-15(12)29)17-22-9-23-19(25-17)30-2/h3,5,7,9,11,13-14,16,24,29H,4,6,8H2,1-2H3/t11-,13+,14-,16+/m0/s1. The summed E-state index contributed by atoms with van der Waals surface area (Å²) in [6.45, 7) is 0. The molecular formula is C20H22FN7O2S. The van der Waals surface area contributed by atoms with Crippen LogP contribution in [0.5, 0.6) is 11.8 Å². The van der Waals surface area contributed by atoms with Crippen LogP contribution in [0.1, 0.15) is 19.3 Å². The molecule has 0 spiro atoms. The number of phenols is 1. The number of halogens is 1. The van der Waals surface area contributed by atoms with Gasteiger partial charge in [0.2, 0.25) is 5.13 Å². The molecule has 0 amide bonds. The number of nitrogens with one attached hydrogen (secondary N) is 1. The summed E-state index contributed by atoms with van der Waals surface area (Å²) in [7, 11) is 3.34. The quantitative estimate of drug-likeness (QED) is 0.614. The second-order valence-electron chi connectivity index (χ2n) is 7.82. The average molecular weight is 444 g/mol. The first-order valence-corrected chi connectivity index (χ1v) is 10.9. The van der Waals surface area contributed by atoms with Crippen LogP contribution in [-0.2, 0) is 0 Å². The molecule has 1 aromatic carbocycles. The minimum atomic E-state index is -0.943. The number of benzene rings is 1. The number of aromatic hydroxyl groups is 1. The van der Waals surface area contributed by atoms with Gasteiger partial charge in [0.05, 0.1) is 18.7 Å². The van der Waals surface area contributed by atoms with Gasteiger partial charge in [-0.05, 0) is 31.4 Å². The van der Waals surface area contributed by atoms with Crippen molar-refractivity contribution in [2.45, 2.75) is 43.6 Å². The van der Waals surface area contributed by atoms with Crippen LogP contribution in [0, 0.1) is 0 Å². The van der Waals surface area contributed by atoms with Crippen molar-refractivity contribution >= 4 is 16.5 Å². The van der Waals surface area contributed by atoms with Crippen molar-refractivity contribution in [1.29, 1.82) is 0 Å². The predicted octanol–water partition coefficient (Wildman–Crippen LogP) is 2.44. The molecule has 0 saturated carbocycles. The molecule has 162 valence electrons. The molecular weight excluding hydrogens is 421 g/mol. The number of ether oxygens (including phenoxy) is 1. The fraction of sp³-hybridized carbons (Fsp3) is 0.450. The maximum atomic E-state index is 14.9. The summed E-state index contributed by atoms with van der Waals surface area (Å²) in [4.78, 5) is 14.1. The molecule has 2 aliphatic rings. The van der Waals surface area contributed by atoms with Crippen LogP contribution in [0.4, 0.5) is 9.52 Å². The summed E-state index contributed by atoms with van der Waals surface area (Å²) in [5.41, 5.74) is 1.17. The minimum Gasteiger partial charge on any atom is -0.507 e. The highest BCUT2D eigenvalue weighted by molar-refractivity contribution is 7.18. The fourth-order valence-corrected chi connectivity index (χ4v) is 5.23. The summed E-state index contributed by atoms with van der Waals surface area (Å²) in [5, 5.41) is 23.7. The van der Waals surface area contributed by atoms with E-state index in [0.29, 0.717) is 33.1 Å². The van der Waals surface area contributed by atoms with E-state index in [0.717, 1.165) is 19.3 Å². The van der Waals surface area contributed by atoms with Crippen molar-refractivity contribution in [3.8, 4) is 33.7 Å². The number of aromatic nitrogens is 5. The number of rotatable bonds is 5. The van der Waals surface area contributed by atoms with Crippen LogP contribution in [0.15, 0.2) is 24.5 Å². The van der Waals surface area contributed by atoms with Crippen molar-refractivity contribution in [2.24, 2.45) is 0 Å². The van der Waals surface area contributed by atoms with Crippen LogP contribution < -0.4 is 15.0 Å². The van der Waals surface area contributed by atoms with E-state index in [1.807, 2.05) is 11.9 Å². The molecule has 0 unspecified atom stereocenters. The fourth-order valence-electron chi connectivity index (χ4n) is 4.33. The Labute approximate surface area is 182 Å². The van der Waals surface area contributed by atoms with Gasteiger partial charge in [-0.25, -0.2) is 9.37 Å². The Morgan fingerprint density at radius 2 is 2.13 bits per heavy atom. The number of nitrogens with zero attached hydrogens (tertiary/aromatic N) is 6. The van der Waals surface area contributed by atoms with E-state index in [-0.39, 0.29) is 23.8 Å². The minimum absolute atomic E-state index is 0.0329. The van der Waals surface area contributed by atoms with E-state index in [1.54, 1.807) is 18.2 Å². The van der Waals surface area contributed by atoms with Gasteiger partial charge in [0, 0.05) is 24.7 Å². The molecule has 2 N–H and O–H groups in total.